The number of hydrogen-bond donors (Lipinski definition) is 1. The van der Waals surface area contributed by atoms with Crippen LogP contribution in [-0.2, 0) is 4.74 Å². The van der Waals surface area contributed by atoms with Crippen LogP contribution >= 0.6 is 0 Å². The number of ether oxygens (including phenoxy) is 1. The van der Waals surface area contributed by atoms with Crippen LogP contribution in [0.25, 0.3) is 0 Å². The molecular formula is C19H37NO. The van der Waals surface area contributed by atoms with Crippen LogP contribution < -0.4 is 5.32 Å². The van der Waals surface area contributed by atoms with Gasteiger partial charge >= 0.3 is 0 Å². The lowest BCUT2D eigenvalue weighted by atomic mass is 9.76. The van der Waals surface area contributed by atoms with Crippen molar-refractivity contribution in [3.8, 4) is 0 Å². The molecule has 1 N–H and O–H groups in total. The van der Waals surface area contributed by atoms with Gasteiger partial charge in [-0.3, -0.25) is 0 Å². The highest BCUT2D eigenvalue weighted by Crippen LogP contribution is 2.40. The van der Waals surface area contributed by atoms with Gasteiger partial charge in [-0.25, -0.2) is 0 Å². The van der Waals surface area contributed by atoms with Crippen LogP contribution in [-0.4, -0.2) is 24.8 Å². The molecule has 0 aromatic rings. The Hall–Kier alpha value is -0.0800. The average molecular weight is 296 g/mol. The third kappa shape index (κ3) is 4.69. The van der Waals surface area contributed by atoms with Crippen LogP contribution in [0.5, 0.6) is 0 Å². The van der Waals surface area contributed by atoms with E-state index in [0.29, 0.717) is 6.10 Å². The zero-order valence-electron chi connectivity index (χ0n) is 14.8. The molecular weight excluding hydrogens is 258 g/mol. The zero-order chi connectivity index (χ0) is 15.3. The van der Waals surface area contributed by atoms with Crippen molar-refractivity contribution in [3.63, 3.8) is 0 Å². The molecule has 124 valence electrons. The van der Waals surface area contributed by atoms with Gasteiger partial charge in [0, 0.05) is 6.54 Å². The van der Waals surface area contributed by atoms with Gasteiger partial charge in [-0.2, -0.15) is 0 Å². The summed E-state index contributed by atoms with van der Waals surface area (Å²) in [6, 6.07) is 0. The van der Waals surface area contributed by atoms with Gasteiger partial charge in [-0.15, -0.1) is 0 Å². The Balaban J connectivity index is 1.93. The van der Waals surface area contributed by atoms with Crippen molar-refractivity contribution in [1.82, 2.24) is 5.32 Å². The monoisotopic (exact) mass is 295 g/mol. The van der Waals surface area contributed by atoms with Crippen LogP contribution in [0.3, 0.4) is 0 Å². The smallest absolute Gasteiger partial charge is 0.0810 e. The lowest BCUT2D eigenvalue weighted by Crippen LogP contribution is -2.49. The van der Waals surface area contributed by atoms with E-state index in [0.717, 1.165) is 30.8 Å². The fraction of sp³-hybridized carbons (Fsp3) is 1.00. The quantitative estimate of drug-likeness (QED) is 0.761. The standard InChI is InChI=1S/C19H37NO/c1-5-17-9-11-19(12-10-17,14-20-6-2)21-18-8-7-15(3)16(4)13-18/h15-18,20H,5-14H2,1-4H3. The van der Waals surface area contributed by atoms with Gasteiger partial charge in [-0.1, -0.05) is 34.1 Å². The third-order valence-electron chi connectivity index (χ3n) is 6.26. The number of nitrogens with one attached hydrogen (secondary N) is 1. The van der Waals surface area contributed by atoms with Gasteiger partial charge in [0.25, 0.3) is 0 Å². The molecule has 0 spiro atoms. The Morgan fingerprint density at radius 3 is 2.29 bits per heavy atom. The van der Waals surface area contributed by atoms with Gasteiger partial charge in [-0.05, 0) is 69.2 Å². The average Bonchev–Trinajstić information content (AvgIpc) is 2.50. The maximum atomic E-state index is 6.77. The van der Waals surface area contributed by atoms with Crippen molar-refractivity contribution in [2.75, 3.05) is 13.1 Å². The first-order valence-electron chi connectivity index (χ1n) is 9.47. The predicted molar refractivity (Wildman–Crippen MR) is 90.6 cm³/mol. The van der Waals surface area contributed by atoms with E-state index in [-0.39, 0.29) is 5.60 Å². The first-order valence-corrected chi connectivity index (χ1v) is 9.47. The van der Waals surface area contributed by atoms with Gasteiger partial charge < -0.3 is 10.1 Å². The molecule has 2 aliphatic rings. The largest absolute Gasteiger partial charge is 0.370 e. The van der Waals surface area contributed by atoms with E-state index in [9.17, 15) is 0 Å². The molecule has 2 heteroatoms. The summed E-state index contributed by atoms with van der Waals surface area (Å²) in [6.45, 7) is 11.5. The van der Waals surface area contributed by atoms with Crippen molar-refractivity contribution in [2.24, 2.45) is 17.8 Å². The van der Waals surface area contributed by atoms with Crippen molar-refractivity contribution in [3.05, 3.63) is 0 Å². The number of hydrogen-bond acceptors (Lipinski definition) is 2. The summed E-state index contributed by atoms with van der Waals surface area (Å²) in [5.74, 6) is 2.64. The third-order valence-corrected chi connectivity index (χ3v) is 6.26. The van der Waals surface area contributed by atoms with E-state index in [4.69, 9.17) is 4.74 Å². The lowest BCUT2D eigenvalue weighted by Gasteiger charge is -2.44. The van der Waals surface area contributed by atoms with Gasteiger partial charge in [0.15, 0.2) is 0 Å². The lowest BCUT2D eigenvalue weighted by molar-refractivity contribution is -0.135. The molecule has 2 aliphatic carbocycles. The highest BCUT2D eigenvalue weighted by molar-refractivity contribution is 4.91. The molecule has 0 saturated heterocycles. The fourth-order valence-electron chi connectivity index (χ4n) is 4.26. The molecule has 3 atom stereocenters. The van der Waals surface area contributed by atoms with Crippen molar-refractivity contribution in [2.45, 2.75) is 90.8 Å². The molecule has 0 aromatic carbocycles. The Morgan fingerprint density at radius 1 is 1.00 bits per heavy atom. The molecule has 2 nitrogen and oxygen atoms in total. The first kappa shape index (κ1) is 17.3. The van der Waals surface area contributed by atoms with Gasteiger partial charge in [0.1, 0.15) is 0 Å². The number of likely N-dealkylation sites (N-methyl/N-ethyl adjacent to an activating group) is 1. The Bertz CT molecular complexity index is 296. The van der Waals surface area contributed by atoms with E-state index in [1.165, 1.54) is 51.4 Å². The predicted octanol–water partition coefficient (Wildman–Crippen LogP) is 4.78. The summed E-state index contributed by atoms with van der Waals surface area (Å²) in [5, 5.41) is 3.58. The summed E-state index contributed by atoms with van der Waals surface area (Å²) in [6.07, 6.45) is 11.0. The topological polar surface area (TPSA) is 21.3 Å². The summed E-state index contributed by atoms with van der Waals surface area (Å²) in [4.78, 5) is 0. The molecule has 0 amide bonds. The second-order valence-electron chi connectivity index (χ2n) is 7.82. The van der Waals surface area contributed by atoms with E-state index in [2.05, 4.69) is 33.0 Å². The first-order chi connectivity index (χ1) is 10.1. The second kappa shape index (κ2) is 7.97. The van der Waals surface area contributed by atoms with Crippen molar-refractivity contribution < 1.29 is 4.74 Å². The normalized spacial score (nSPS) is 41.1. The van der Waals surface area contributed by atoms with Crippen LogP contribution in [0, 0.1) is 17.8 Å². The SMILES string of the molecule is CCNCC1(OC2CCC(C)C(C)C2)CCC(CC)CC1. The van der Waals surface area contributed by atoms with Crippen LogP contribution in [0.2, 0.25) is 0 Å². The molecule has 2 rings (SSSR count). The van der Waals surface area contributed by atoms with Crippen molar-refractivity contribution in [1.29, 1.82) is 0 Å². The summed E-state index contributed by atoms with van der Waals surface area (Å²) < 4.78 is 6.77. The van der Waals surface area contributed by atoms with Gasteiger partial charge in [0.05, 0.1) is 11.7 Å². The molecule has 2 fully saturated rings. The number of rotatable bonds is 6. The van der Waals surface area contributed by atoms with Crippen LogP contribution in [0.4, 0.5) is 0 Å². The van der Waals surface area contributed by atoms with E-state index < -0.39 is 0 Å². The van der Waals surface area contributed by atoms with Crippen LogP contribution in [0.1, 0.15) is 79.1 Å². The molecule has 0 aromatic heterocycles. The van der Waals surface area contributed by atoms with E-state index >= 15 is 0 Å². The fourth-order valence-corrected chi connectivity index (χ4v) is 4.26. The maximum Gasteiger partial charge on any atom is 0.0810 e. The minimum absolute atomic E-state index is 0.132. The summed E-state index contributed by atoms with van der Waals surface area (Å²) in [5.41, 5.74) is 0.132. The molecule has 2 saturated carbocycles. The van der Waals surface area contributed by atoms with Crippen LogP contribution in [0.15, 0.2) is 0 Å². The molecule has 0 aliphatic heterocycles. The Morgan fingerprint density at radius 2 is 1.71 bits per heavy atom. The Labute approximate surface area is 132 Å². The molecule has 0 radical (unpaired) electrons. The zero-order valence-corrected chi connectivity index (χ0v) is 14.8. The molecule has 0 heterocycles. The minimum Gasteiger partial charge on any atom is -0.370 e. The van der Waals surface area contributed by atoms with Crippen molar-refractivity contribution >= 4 is 0 Å². The van der Waals surface area contributed by atoms with E-state index in [1.54, 1.807) is 0 Å². The molecule has 0 bridgehead atoms. The summed E-state index contributed by atoms with van der Waals surface area (Å²) >= 11 is 0. The van der Waals surface area contributed by atoms with E-state index in [1.807, 2.05) is 0 Å². The highest BCUT2D eigenvalue weighted by atomic mass is 16.5. The molecule has 21 heavy (non-hydrogen) atoms. The van der Waals surface area contributed by atoms with Gasteiger partial charge in [0.2, 0.25) is 0 Å². The summed E-state index contributed by atoms with van der Waals surface area (Å²) in [7, 11) is 0. The second-order valence-corrected chi connectivity index (χ2v) is 7.82. The minimum atomic E-state index is 0.132. The molecule has 3 unspecified atom stereocenters. The highest BCUT2D eigenvalue weighted by Gasteiger charge is 2.38. The maximum absolute atomic E-state index is 6.77. The Kier molecular flexibility index (Phi) is 6.55.